The highest BCUT2D eigenvalue weighted by molar-refractivity contribution is 8.15. The number of aliphatic hydroxyl groups is 1. The third kappa shape index (κ3) is 3.31. The number of benzene rings is 1. The summed E-state index contributed by atoms with van der Waals surface area (Å²) < 4.78 is 0. The van der Waals surface area contributed by atoms with Gasteiger partial charge in [0, 0.05) is 23.1 Å². The number of fused-ring (bicyclic) bond motifs is 1. The number of carbonyl (C=O) groups excluding carboxylic acids is 1. The standard InChI is InChI=1S/C13H14N2O2S2.ClH/c16-11-8-18-13-14-6-10(7-15(11)13)19-12(17)9-4-2-1-3-5-9;/h1-5,10-11,16H,6-8H2;1H. The van der Waals surface area contributed by atoms with Crippen molar-refractivity contribution >= 4 is 46.2 Å². The molecule has 2 aliphatic rings. The lowest BCUT2D eigenvalue weighted by Gasteiger charge is -2.30. The molecule has 1 saturated heterocycles. The van der Waals surface area contributed by atoms with Crippen molar-refractivity contribution < 1.29 is 9.90 Å². The second-order valence-corrected chi connectivity index (χ2v) is 6.72. The molecule has 0 radical (unpaired) electrons. The molecule has 1 N–H and O–H groups in total. The Bertz CT molecular complexity index is 512. The monoisotopic (exact) mass is 330 g/mol. The molecule has 4 nitrogen and oxygen atoms in total. The summed E-state index contributed by atoms with van der Waals surface area (Å²) >= 11 is 2.90. The molecule has 1 aromatic rings. The van der Waals surface area contributed by atoms with Crippen LogP contribution in [0.2, 0.25) is 0 Å². The van der Waals surface area contributed by atoms with Gasteiger partial charge in [0.15, 0.2) is 5.17 Å². The lowest BCUT2D eigenvalue weighted by atomic mass is 10.2. The predicted molar refractivity (Wildman–Crippen MR) is 86.9 cm³/mol. The first-order valence-corrected chi connectivity index (χ1v) is 7.98. The van der Waals surface area contributed by atoms with Gasteiger partial charge < -0.3 is 10.0 Å². The second-order valence-electron chi connectivity index (χ2n) is 4.46. The van der Waals surface area contributed by atoms with E-state index >= 15 is 0 Å². The normalized spacial score (nSPS) is 24.6. The Morgan fingerprint density at radius 1 is 1.40 bits per heavy atom. The third-order valence-corrected chi connectivity index (χ3v) is 5.25. The van der Waals surface area contributed by atoms with E-state index in [0.29, 0.717) is 18.8 Å². The summed E-state index contributed by atoms with van der Waals surface area (Å²) in [5.41, 5.74) is 0.721. The lowest BCUT2D eigenvalue weighted by Crippen LogP contribution is -2.43. The molecular formula is C13H15ClN2O2S2. The van der Waals surface area contributed by atoms with Gasteiger partial charge in [0.05, 0.1) is 6.54 Å². The lowest BCUT2D eigenvalue weighted by molar-refractivity contribution is 0.0803. The van der Waals surface area contributed by atoms with Crippen LogP contribution >= 0.6 is 35.9 Å². The molecule has 1 fully saturated rings. The van der Waals surface area contributed by atoms with E-state index in [1.807, 2.05) is 35.2 Å². The van der Waals surface area contributed by atoms with Crippen LogP contribution < -0.4 is 0 Å². The molecule has 108 valence electrons. The van der Waals surface area contributed by atoms with Crippen LogP contribution in [-0.4, -0.2) is 50.6 Å². The Hall–Kier alpha value is -0.690. The average Bonchev–Trinajstić information content (AvgIpc) is 2.81. The highest BCUT2D eigenvalue weighted by Gasteiger charge is 2.34. The van der Waals surface area contributed by atoms with Crippen molar-refractivity contribution in [2.75, 3.05) is 18.8 Å². The molecule has 2 heterocycles. The van der Waals surface area contributed by atoms with Crippen molar-refractivity contribution in [1.82, 2.24) is 4.90 Å². The zero-order chi connectivity index (χ0) is 13.2. The number of amidine groups is 1. The Morgan fingerprint density at radius 2 is 2.15 bits per heavy atom. The Morgan fingerprint density at radius 3 is 2.90 bits per heavy atom. The van der Waals surface area contributed by atoms with Gasteiger partial charge >= 0.3 is 0 Å². The minimum atomic E-state index is -0.459. The largest absolute Gasteiger partial charge is 0.373 e. The van der Waals surface area contributed by atoms with E-state index in [-0.39, 0.29) is 22.8 Å². The summed E-state index contributed by atoms with van der Waals surface area (Å²) in [7, 11) is 0. The molecule has 2 atom stereocenters. The number of nitrogens with zero attached hydrogens (tertiary/aromatic N) is 2. The molecule has 0 aliphatic carbocycles. The van der Waals surface area contributed by atoms with Crippen LogP contribution in [0.3, 0.4) is 0 Å². The fourth-order valence-corrected chi connectivity index (χ4v) is 4.08. The van der Waals surface area contributed by atoms with Crippen LogP contribution in [0.1, 0.15) is 10.4 Å². The maximum atomic E-state index is 12.1. The van der Waals surface area contributed by atoms with E-state index in [1.54, 1.807) is 11.8 Å². The van der Waals surface area contributed by atoms with Crippen molar-refractivity contribution in [2.45, 2.75) is 11.5 Å². The van der Waals surface area contributed by atoms with E-state index in [0.717, 1.165) is 10.7 Å². The highest BCUT2D eigenvalue weighted by Crippen LogP contribution is 2.30. The van der Waals surface area contributed by atoms with Gasteiger partial charge in [-0.3, -0.25) is 9.79 Å². The molecule has 0 spiro atoms. The zero-order valence-electron chi connectivity index (χ0n) is 10.6. The summed E-state index contributed by atoms with van der Waals surface area (Å²) in [6.07, 6.45) is -0.459. The number of aliphatic imine (C=N–C) groups is 1. The summed E-state index contributed by atoms with van der Waals surface area (Å²) in [6.45, 7) is 1.34. The fraction of sp³-hybridized carbons (Fsp3) is 0.385. The molecule has 0 bridgehead atoms. The molecular weight excluding hydrogens is 316 g/mol. The van der Waals surface area contributed by atoms with Crippen LogP contribution in [0.25, 0.3) is 0 Å². The van der Waals surface area contributed by atoms with Crippen molar-refractivity contribution in [2.24, 2.45) is 4.99 Å². The maximum Gasteiger partial charge on any atom is 0.219 e. The molecule has 7 heteroatoms. The Labute approximate surface area is 132 Å². The van der Waals surface area contributed by atoms with Crippen LogP contribution in [0.15, 0.2) is 35.3 Å². The quantitative estimate of drug-likeness (QED) is 0.900. The first-order valence-electron chi connectivity index (χ1n) is 6.12. The van der Waals surface area contributed by atoms with Crippen molar-refractivity contribution in [1.29, 1.82) is 0 Å². The van der Waals surface area contributed by atoms with E-state index < -0.39 is 6.23 Å². The van der Waals surface area contributed by atoms with Gasteiger partial charge in [0.1, 0.15) is 6.23 Å². The van der Waals surface area contributed by atoms with Crippen LogP contribution in [0.5, 0.6) is 0 Å². The smallest absolute Gasteiger partial charge is 0.219 e. The summed E-state index contributed by atoms with van der Waals surface area (Å²) in [5.74, 6) is 0.669. The Kier molecular flexibility index (Phi) is 5.37. The van der Waals surface area contributed by atoms with E-state index in [9.17, 15) is 9.90 Å². The van der Waals surface area contributed by atoms with E-state index in [2.05, 4.69) is 4.99 Å². The van der Waals surface area contributed by atoms with Crippen molar-refractivity contribution in [3.63, 3.8) is 0 Å². The Balaban J connectivity index is 0.00000147. The summed E-state index contributed by atoms with van der Waals surface area (Å²) in [4.78, 5) is 18.5. The molecule has 20 heavy (non-hydrogen) atoms. The first kappa shape index (κ1) is 15.7. The van der Waals surface area contributed by atoms with Crippen molar-refractivity contribution in [3.05, 3.63) is 35.9 Å². The van der Waals surface area contributed by atoms with E-state index in [1.165, 1.54) is 11.8 Å². The van der Waals surface area contributed by atoms with Crippen molar-refractivity contribution in [3.8, 4) is 0 Å². The summed E-state index contributed by atoms with van der Waals surface area (Å²) in [5, 5.41) is 10.9. The van der Waals surface area contributed by atoms with Gasteiger partial charge in [-0.2, -0.15) is 0 Å². The molecule has 0 saturated carbocycles. The number of carbonyl (C=O) groups is 1. The van der Waals surface area contributed by atoms with Gasteiger partial charge in [-0.1, -0.05) is 53.9 Å². The molecule has 0 amide bonds. The number of aliphatic hydroxyl groups excluding tert-OH is 1. The molecule has 1 aromatic carbocycles. The number of hydrogen-bond donors (Lipinski definition) is 1. The second kappa shape index (κ2) is 6.85. The van der Waals surface area contributed by atoms with Gasteiger partial charge in [0.2, 0.25) is 5.12 Å². The van der Waals surface area contributed by atoms with Gasteiger partial charge in [-0.25, -0.2) is 0 Å². The highest BCUT2D eigenvalue weighted by atomic mass is 35.5. The minimum absolute atomic E-state index is 0. The zero-order valence-corrected chi connectivity index (χ0v) is 13.1. The van der Waals surface area contributed by atoms with Crippen LogP contribution in [0.4, 0.5) is 0 Å². The van der Waals surface area contributed by atoms with Crippen LogP contribution in [0, 0.1) is 0 Å². The number of halogens is 1. The molecule has 0 aromatic heterocycles. The van der Waals surface area contributed by atoms with Gasteiger partial charge in [-0.05, 0) is 0 Å². The molecule has 2 aliphatic heterocycles. The molecule has 2 unspecified atom stereocenters. The van der Waals surface area contributed by atoms with E-state index in [4.69, 9.17) is 0 Å². The topological polar surface area (TPSA) is 52.9 Å². The summed E-state index contributed by atoms with van der Waals surface area (Å²) in [6, 6.07) is 9.29. The van der Waals surface area contributed by atoms with Gasteiger partial charge in [0.25, 0.3) is 0 Å². The molecule has 3 rings (SSSR count). The minimum Gasteiger partial charge on any atom is -0.373 e. The SMILES string of the molecule is Cl.O=C(SC1CN=C2SCC(O)N2C1)c1ccccc1. The average molecular weight is 331 g/mol. The maximum absolute atomic E-state index is 12.1. The van der Waals surface area contributed by atoms with Gasteiger partial charge in [-0.15, -0.1) is 12.4 Å². The van der Waals surface area contributed by atoms with Crippen LogP contribution in [-0.2, 0) is 0 Å². The predicted octanol–water partition coefficient (Wildman–Crippen LogP) is 2.09. The number of hydrogen-bond acceptors (Lipinski definition) is 6. The fourth-order valence-electron chi connectivity index (χ4n) is 2.11. The third-order valence-electron chi connectivity index (χ3n) is 3.08. The number of thioether (sulfide) groups is 2. The first-order chi connectivity index (χ1) is 9.24. The number of rotatable bonds is 2.